The molecule has 20 heavy (non-hydrogen) atoms. The van der Waals surface area contributed by atoms with Gasteiger partial charge in [0.25, 0.3) is 0 Å². The fraction of sp³-hybridized carbons (Fsp3) is 0.294. The normalized spacial score (nSPS) is 14.1. The van der Waals surface area contributed by atoms with E-state index in [0.29, 0.717) is 6.42 Å². The maximum atomic E-state index is 13.5. The molecule has 0 heterocycles. The van der Waals surface area contributed by atoms with E-state index in [1.165, 1.54) is 6.07 Å². The van der Waals surface area contributed by atoms with Crippen LogP contribution < -0.4 is 5.73 Å². The molecular formula is C17H19ClFN. The van der Waals surface area contributed by atoms with Gasteiger partial charge < -0.3 is 5.73 Å². The molecule has 0 aliphatic rings. The molecule has 0 fully saturated rings. The Labute approximate surface area is 124 Å². The van der Waals surface area contributed by atoms with Gasteiger partial charge in [0.15, 0.2) is 0 Å². The first-order valence-corrected chi connectivity index (χ1v) is 6.98. The molecule has 1 atom stereocenters. The Hall–Kier alpha value is -1.38. The number of halogens is 2. The quantitative estimate of drug-likeness (QED) is 0.884. The Morgan fingerprint density at radius 3 is 2.60 bits per heavy atom. The van der Waals surface area contributed by atoms with Crippen molar-refractivity contribution in [3.8, 4) is 0 Å². The summed E-state index contributed by atoms with van der Waals surface area (Å²) in [6.45, 7) is 6.03. The number of rotatable bonds is 3. The first-order valence-electron chi connectivity index (χ1n) is 6.61. The van der Waals surface area contributed by atoms with Gasteiger partial charge in [-0.25, -0.2) is 4.39 Å². The molecule has 0 saturated carbocycles. The third-order valence-electron chi connectivity index (χ3n) is 3.60. The zero-order valence-corrected chi connectivity index (χ0v) is 12.8. The predicted octanol–water partition coefficient (Wildman–Crippen LogP) is 4.51. The Bertz CT molecular complexity index is 635. The van der Waals surface area contributed by atoms with Gasteiger partial charge in [-0.15, -0.1) is 0 Å². The first-order chi connectivity index (χ1) is 9.31. The number of hydrogen-bond acceptors (Lipinski definition) is 1. The van der Waals surface area contributed by atoms with Crippen LogP contribution in [0.3, 0.4) is 0 Å². The molecule has 0 spiro atoms. The van der Waals surface area contributed by atoms with Gasteiger partial charge in [0.2, 0.25) is 0 Å². The van der Waals surface area contributed by atoms with E-state index in [1.807, 2.05) is 26.8 Å². The molecule has 2 rings (SSSR count). The lowest BCUT2D eigenvalue weighted by molar-refractivity contribution is 0.486. The lowest BCUT2D eigenvalue weighted by atomic mass is 9.83. The molecule has 3 heteroatoms. The maximum absolute atomic E-state index is 13.5. The summed E-state index contributed by atoms with van der Waals surface area (Å²) in [7, 11) is 0. The van der Waals surface area contributed by atoms with E-state index in [2.05, 4.69) is 18.2 Å². The van der Waals surface area contributed by atoms with E-state index < -0.39 is 11.4 Å². The molecule has 1 unspecified atom stereocenters. The second-order valence-corrected chi connectivity index (χ2v) is 6.00. The SMILES string of the molecule is Cc1ccc(C)c(C(C)(N)Cc2cccc(F)c2Cl)c1. The van der Waals surface area contributed by atoms with E-state index in [1.54, 1.807) is 6.07 Å². The van der Waals surface area contributed by atoms with E-state index in [-0.39, 0.29) is 5.02 Å². The van der Waals surface area contributed by atoms with Gasteiger partial charge in [0, 0.05) is 5.54 Å². The zero-order valence-electron chi connectivity index (χ0n) is 12.0. The van der Waals surface area contributed by atoms with Crippen LogP contribution in [0.2, 0.25) is 5.02 Å². The molecule has 106 valence electrons. The van der Waals surface area contributed by atoms with Crippen molar-refractivity contribution >= 4 is 11.6 Å². The summed E-state index contributed by atoms with van der Waals surface area (Å²) in [5.74, 6) is -0.402. The fourth-order valence-corrected chi connectivity index (χ4v) is 2.72. The van der Waals surface area contributed by atoms with Gasteiger partial charge in [-0.1, -0.05) is 47.5 Å². The zero-order chi connectivity index (χ0) is 14.9. The van der Waals surface area contributed by atoms with Crippen LogP contribution in [-0.4, -0.2) is 0 Å². The summed E-state index contributed by atoms with van der Waals surface area (Å²) in [6.07, 6.45) is 0.494. The first kappa shape index (κ1) is 15.0. The molecule has 0 bridgehead atoms. The van der Waals surface area contributed by atoms with Gasteiger partial charge in [0.05, 0.1) is 5.02 Å². The van der Waals surface area contributed by atoms with Crippen molar-refractivity contribution in [2.45, 2.75) is 32.7 Å². The van der Waals surface area contributed by atoms with Gasteiger partial charge in [-0.2, -0.15) is 0 Å². The number of aryl methyl sites for hydroxylation is 2. The molecule has 2 N–H and O–H groups in total. The van der Waals surface area contributed by atoms with Crippen LogP contribution in [0.15, 0.2) is 36.4 Å². The molecule has 0 radical (unpaired) electrons. The molecule has 0 aliphatic carbocycles. The molecule has 2 aromatic rings. The third kappa shape index (κ3) is 3.02. The van der Waals surface area contributed by atoms with Crippen molar-refractivity contribution in [1.29, 1.82) is 0 Å². The van der Waals surface area contributed by atoms with Gasteiger partial charge >= 0.3 is 0 Å². The Morgan fingerprint density at radius 2 is 1.90 bits per heavy atom. The lowest BCUT2D eigenvalue weighted by Gasteiger charge is -2.28. The average molecular weight is 292 g/mol. The van der Waals surface area contributed by atoms with Crippen molar-refractivity contribution in [2.75, 3.05) is 0 Å². The summed E-state index contributed by atoms with van der Waals surface area (Å²) in [5, 5.41) is 0.162. The van der Waals surface area contributed by atoms with Gasteiger partial charge in [-0.05, 0) is 49.9 Å². The van der Waals surface area contributed by atoms with Crippen molar-refractivity contribution < 1.29 is 4.39 Å². The highest BCUT2D eigenvalue weighted by Crippen LogP contribution is 2.30. The summed E-state index contributed by atoms with van der Waals surface area (Å²) in [5.41, 5.74) is 9.98. The average Bonchev–Trinajstić information content (AvgIpc) is 2.37. The molecule has 0 saturated heterocycles. The molecule has 0 aliphatic heterocycles. The fourth-order valence-electron chi connectivity index (χ4n) is 2.53. The molecule has 0 amide bonds. The highest BCUT2D eigenvalue weighted by atomic mass is 35.5. The van der Waals surface area contributed by atoms with E-state index in [0.717, 1.165) is 22.3 Å². The Balaban J connectivity index is 2.40. The van der Waals surface area contributed by atoms with Crippen LogP contribution in [0.25, 0.3) is 0 Å². The third-order valence-corrected chi connectivity index (χ3v) is 4.02. The standard InChI is InChI=1S/C17H19ClFN/c1-11-7-8-12(2)14(9-11)17(3,20)10-13-5-4-6-15(19)16(13)18/h4-9H,10,20H2,1-3H3. The molecular weight excluding hydrogens is 273 g/mol. The van der Waals surface area contributed by atoms with Crippen LogP contribution >= 0.6 is 11.6 Å². The topological polar surface area (TPSA) is 26.0 Å². The van der Waals surface area contributed by atoms with Gasteiger partial charge in [0.1, 0.15) is 5.82 Å². The second kappa shape index (κ2) is 5.55. The van der Waals surface area contributed by atoms with Gasteiger partial charge in [-0.3, -0.25) is 0 Å². The number of hydrogen-bond donors (Lipinski definition) is 1. The Morgan fingerprint density at radius 1 is 1.20 bits per heavy atom. The van der Waals surface area contributed by atoms with Crippen molar-refractivity contribution in [2.24, 2.45) is 5.73 Å². The summed E-state index contributed by atoms with van der Waals surface area (Å²) in [4.78, 5) is 0. The van der Waals surface area contributed by atoms with Crippen molar-refractivity contribution in [3.05, 3.63) is 69.5 Å². The molecule has 2 aromatic carbocycles. The Kier molecular flexibility index (Phi) is 4.17. The predicted molar refractivity (Wildman–Crippen MR) is 82.6 cm³/mol. The molecule has 0 aromatic heterocycles. The van der Waals surface area contributed by atoms with E-state index >= 15 is 0 Å². The second-order valence-electron chi connectivity index (χ2n) is 5.63. The highest BCUT2D eigenvalue weighted by Gasteiger charge is 2.25. The smallest absolute Gasteiger partial charge is 0.142 e. The monoisotopic (exact) mass is 291 g/mol. The lowest BCUT2D eigenvalue weighted by Crippen LogP contribution is -2.36. The summed E-state index contributed by atoms with van der Waals surface area (Å²) in [6, 6.07) is 11.0. The van der Waals surface area contributed by atoms with Crippen LogP contribution in [0.4, 0.5) is 4.39 Å². The summed E-state index contributed by atoms with van der Waals surface area (Å²) >= 11 is 6.03. The number of benzene rings is 2. The maximum Gasteiger partial charge on any atom is 0.142 e. The van der Waals surface area contributed by atoms with Crippen LogP contribution in [0.1, 0.15) is 29.2 Å². The van der Waals surface area contributed by atoms with E-state index in [9.17, 15) is 4.39 Å². The summed E-state index contributed by atoms with van der Waals surface area (Å²) < 4.78 is 13.5. The van der Waals surface area contributed by atoms with Crippen LogP contribution in [0.5, 0.6) is 0 Å². The van der Waals surface area contributed by atoms with Crippen LogP contribution in [0, 0.1) is 19.7 Å². The molecule has 1 nitrogen and oxygen atoms in total. The highest BCUT2D eigenvalue weighted by molar-refractivity contribution is 6.31. The minimum absolute atomic E-state index is 0.162. The van der Waals surface area contributed by atoms with Crippen molar-refractivity contribution in [1.82, 2.24) is 0 Å². The van der Waals surface area contributed by atoms with E-state index in [4.69, 9.17) is 17.3 Å². The van der Waals surface area contributed by atoms with Crippen molar-refractivity contribution in [3.63, 3.8) is 0 Å². The minimum atomic E-state index is -0.590. The number of nitrogens with two attached hydrogens (primary N) is 1. The van der Waals surface area contributed by atoms with Crippen LogP contribution in [-0.2, 0) is 12.0 Å². The minimum Gasteiger partial charge on any atom is -0.321 e. The largest absolute Gasteiger partial charge is 0.321 e.